The molecule has 0 aromatic carbocycles. The Morgan fingerprint density at radius 2 is 2.44 bits per heavy atom. The third-order valence-electron chi connectivity index (χ3n) is 1.27. The lowest BCUT2D eigenvalue weighted by atomic mass is 10.6. The van der Waals surface area contributed by atoms with Crippen molar-refractivity contribution in [2.24, 2.45) is 0 Å². The van der Waals surface area contributed by atoms with Crippen molar-refractivity contribution in [3.8, 4) is 0 Å². The summed E-state index contributed by atoms with van der Waals surface area (Å²) in [6.07, 6.45) is 2.93. The van der Waals surface area contributed by atoms with Crippen LogP contribution < -0.4 is 10.6 Å². The Balaban J connectivity index is 2.11. The molecule has 2 N–H and O–H groups in total. The Morgan fingerprint density at radius 1 is 1.56 bits per heavy atom. The highest BCUT2D eigenvalue weighted by atomic mass is 16.6. The summed E-state index contributed by atoms with van der Waals surface area (Å²) in [4.78, 5) is 10.6. The van der Waals surface area contributed by atoms with E-state index in [4.69, 9.17) is 4.74 Å². The summed E-state index contributed by atoms with van der Waals surface area (Å²) in [6.45, 7) is 0. The Kier molecular flexibility index (Phi) is 0.790. The minimum atomic E-state index is -0.104. The van der Waals surface area contributed by atoms with Crippen molar-refractivity contribution in [2.45, 2.75) is 12.5 Å². The Morgan fingerprint density at radius 3 is 3.33 bits per heavy atom. The molecule has 4 nitrogen and oxygen atoms in total. The zero-order valence-electron chi connectivity index (χ0n) is 4.63. The summed E-state index contributed by atoms with van der Waals surface area (Å²) in [5.41, 5.74) is 0. The smallest absolute Gasteiger partial charge is 0.247 e. The highest BCUT2D eigenvalue weighted by Crippen LogP contribution is 2.16. The first-order valence-electron chi connectivity index (χ1n) is 2.75. The monoisotopic (exact) mass is 126 g/mol. The summed E-state index contributed by atoms with van der Waals surface area (Å²) in [5.74, 6) is -0.104. The summed E-state index contributed by atoms with van der Waals surface area (Å²) in [7, 11) is 0. The van der Waals surface area contributed by atoms with Crippen LogP contribution in [0.25, 0.3) is 0 Å². The quantitative estimate of drug-likeness (QED) is 0.405. The minimum Gasteiger partial charge on any atom is -0.362 e. The van der Waals surface area contributed by atoms with Crippen LogP contribution in [0, 0.1) is 0 Å². The van der Waals surface area contributed by atoms with Gasteiger partial charge in [0.15, 0.2) is 12.5 Å². The van der Waals surface area contributed by atoms with Crippen molar-refractivity contribution in [1.82, 2.24) is 10.6 Å². The van der Waals surface area contributed by atoms with E-state index in [0.717, 1.165) is 0 Å². The van der Waals surface area contributed by atoms with Crippen molar-refractivity contribution in [1.29, 1.82) is 0 Å². The Labute approximate surface area is 51.9 Å². The number of amides is 1. The third-order valence-corrected chi connectivity index (χ3v) is 1.27. The average molecular weight is 126 g/mol. The van der Waals surface area contributed by atoms with Crippen molar-refractivity contribution in [2.75, 3.05) is 0 Å². The van der Waals surface area contributed by atoms with Gasteiger partial charge in [0, 0.05) is 12.3 Å². The molecule has 0 spiro atoms. The first-order chi connectivity index (χ1) is 4.36. The Bertz CT molecular complexity index is 178. The van der Waals surface area contributed by atoms with Crippen LogP contribution in [-0.2, 0) is 9.53 Å². The lowest BCUT2D eigenvalue weighted by Crippen LogP contribution is -2.25. The van der Waals surface area contributed by atoms with Gasteiger partial charge in [-0.25, -0.2) is 0 Å². The largest absolute Gasteiger partial charge is 0.362 e. The van der Waals surface area contributed by atoms with Gasteiger partial charge in [0.1, 0.15) is 0 Å². The van der Waals surface area contributed by atoms with E-state index in [-0.39, 0.29) is 18.4 Å². The molecule has 0 saturated carbocycles. The van der Waals surface area contributed by atoms with E-state index < -0.39 is 0 Å². The summed E-state index contributed by atoms with van der Waals surface area (Å²) >= 11 is 0. The highest BCUT2D eigenvalue weighted by molar-refractivity contribution is 5.88. The number of epoxide rings is 1. The SMILES string of the molecule is O=C1C=CNC2OC2N1. The second-order valence-corrected chi connectivity index (χ2v) is 1.99. The fourth-order valence-corrected chi connectivity index (χ4v) is 0.756. The third kappa shape index (κ3) is 0.768. The molecule has 1 saturated heterocycles. The van der Waals surface area contributed by atoms with Gasteiger partial charge in [-0.3, -0.25) is 4.79 Å². The molecule has 2 aliphatic heterocycles. The molecule has 0 aliphatic carbocycles. The number of carbonyl (C=O) groups excluding carboxylic acids is 1. The number of hydrogen-bond donors (Lipinski definition) is 2. The molecule has 1 fully saturated rings. The van der Waals surface area contributed by atoms with Crippen LogP contribution >= 0.6 is 0 Å². The lowest BCUT2D eigenvalue weighted by molar-refractivity contribution is -0.117. The highest BCUT2D eigenvalue weighted by Gasteiger charge is 2.40. The van der Waals surface area contributed by atoms with E-state index >= 15 is 0 Å². The summed E-state index contributed by atoms with van der Waals surface area (Å²) in [5, 5.41) is 5.47. The van der Waals surface area contributed by atoms with Gasteiger partial charge in [-0.1, -0.05) is 0 Å². The maximum absolute atomic E-state index is 10.6. The van der Waals surface area contributed by atoms with Crippen LogP contribution in [0.5, 0.6) is 0 Å². The van der Waals surface area contributed by atoms with E-state index in [1.807, 2.05) is 0 Å². The molecule has 0 aromatic rings. The van der Waals surface area contributed by atoms with Crippen LogP contribution in [-0.4, -0.2) is 18.4 Å². The first kappa shape index (κ1) is 4.81. The molecule has 2 unspecified atom stereocenters. The van der Waals surface area contributed by atoms with Gasteiger partial charge in [-0.05, 0) is 0 Å². The molecule has 48 valence electrons. The van der Waals surface area contributed by atoms with Crippen molar-refractivity contribution >= 4 is 5.91 Å². The molecule has 0 bridgehead atoms. The Hall–Kier alpha value is -1.03. The van der Waals surface area contributed by atoms with Gasteiger partial charge in [0.2, 0.25) is 5.91 Å². The van der Waals surface area contributed by atoms with Gasteiger partial charge in [-0.15, -0.1) is 0 Å². The van der Waals surface area contributed by atoms with E-state index in [1.165, 1.54) is 6.08 Å². The van der Waals surface area contributed by atoms with Crippen LogP contribution in [0.3, 0.4) is 0 Å². The predicted octanol–water partition coefficient (Wildman–Crippen LogP) is -1.10. The number of hydrogen-bond acceptors (Lipinski definition) is 3. The molecular formula is C5H6N2O2. The second kappa shape index (κ2) is 1.48. The maximum atomic E-state index is 10.6. The van der Waals surface area contributed by atoms with Crippen LogP contribution in [0.1, 0.15) is 0 Å². The zero-order chi connectivity index (χ0) is 6.27. The fourth-order valence-electron chi connectivity index (χ4n) is 0.756. The van der Waals surface area contributed by atoms with Crippen molar-refractivity contribution in [3.63, 3.8) is 0 Å². The molecule has 2 atom stereocenters. The average Bonchev–Trinajstić information content (AvgIpc) is 2.43. The van der Waals surface area contributed by atoms with Gasteiger partial charge in [0.25, 0.3) is 0 Å². The number of fused-ring (bicyclic) bond motifs is 1. The molecule has 2 rings (SSSR count). The number of nitrogens with one attached hydrogen (secondary N) is 2. The lowest BCUT2D eigenvalue weighted by Gasteiger charge is -1.89. The van der Waals surface area contributed by atoms with Crippen molar-refractivity contribution < 1.29 is 9.53 Å². The van der Waals surface area contributed by atoms with Gasteiger partial charge in [-0.2, -0.15) is 0 Å². The molecule has 2 heterocycles. The van der Waals surface area contributed by atoms with Gasteiger partial charge < -0.3 is 15.4 Å². The van der Waals surface area contributed by atoms with E-state index in [1.54, 1.807) is 6.20 Å². The summed E-state index contributed by atoms with van der Waals surface area (Å²) < 4.78 is 4.93. The summed E-state index contributed by atoms with van der Waals surface area (Å²) in [6, 6.07) is 0. The molecule has 9 heavy (non-hydrogen) atoms. The topological polar surface area (TPSA) is 53.7 Å². The van der Waals surface area contributed by atoms with Crippen LogP contribution in [0.15, 0.2) is 12.3 Å². The first-order valence-corrected chi connectivity index (χ1v) is 2.75. The maximum Gasteiger partial charge on any atom is 0.247 e. The standard InChI is InChI=1S/C5H6N2O2/c8-3-1-2-6-4-5(7-3)9-4/h1-2,4-6H,(H,7,8). The van der Waals surface area contributed by atoms with Crippen LogP contribution in [0.2, 0.25) is 0 Å². The minimum absolute atomic E-state index is 0.00713. The number of ether oxygens (including phenoxy) is 1. The predicted molar refractivity (Wildman–Crippen MR) is 29.1 cm³/mol. The van der Waals surface area contributed by atoms with Crippen LogP contribution in [0.4, 0.5) is 0 Å². The van der Waals surface area contributed by atoms with E-state index in [2.05, 4.69) is 10.6 Å². The number of carbonyl (C=O) groups is 1. The molecular weight excluding hydrogens is 120 g/mol. The fraction of sp³-hybridized carbons (Fsp3) is 0.400. The molecule has 2 aliphatic rings. The number of rotatable bonds is 0. The van der Waals surface area contributed by atoms with Crippen molar-refractivity contribution in [3.05, 3.63) is 12.3 Å². The normalized spacial score (nSPS) is 38.0. The second-order valence-electron chi connectivity index (χ2n) is 1.99. The molecule has 1 amide bonds. The van der Waals surface area contributed by atoms with Gasteiger partial charge in [0.05, 0.1) is 0 Å². The molecule has 0 aromatic heterocycles. The van der Waals surface area contributed by atoms with E-state index in [0.29, 0.717) is 0 Å². The van der Waals surface area contributed by atoms with Gasteiger partial charge >= 0.3 is 0 Å². The molecule has 0 radical (unpaired) electrons. The molecule has 4 heteroatoms. The van der Waals surface area contributed by atoms with E-state index in [9.17, 15) is 4.79 Å². The zero-order valence-corrected chi connectivity index (χ0v) is 4.63.